The largest absolute Gasteiger partial charge is 0.508 e. The number of phenols is 1. The number of phenolic OH excluding ortho intramolecular Hbond substituents is 1. The summed E-state index contributed by atoms with van der Waals surface area (Å²) < 4.78 is 10.9. The molecule has 2 unspecified atom stereocenters. The van der Waals surface area contributed by atoms with Gasteiger partial charge >= 0.3 is 0 Å². The van der Waals surface area contributed by atoms with Gasteiger partial charge in [0.15, 0.2) is 0 Å². The van der Waals surface area contributed by atoms with Gasteiger partial charge in [-0.1, -0.05) is 31.5 Å². The maximum Gasteiger partial charge on any atom is 0.121 e. The number of rotatable bonds is 6. The van der Waals surface area contributed by atoms with Crippen LogP contribution in [0.15, 0.2) is 24.3 Å². The zero-order chi connectivity index (χ0) is 11.4. The minimum atomic E-state index is -0.0181. The standard InChI is InChI=1S/C13H18O3/c1-2-5-13(16-9-10-8-15-10)11-6-3-4-7-12(11)14/h3-4,6-7,10,13-14H,2,5,8-9H2,1H3. The van der Waals surface area contributed by atoms with Crippen molar-refractivity contribution in [3.05, 3.63) is 29.8 Å². The lowest BCUT2D eigenvalue weighted by Gasteiger charge is -2.18. The molecule has 0 bridgehead atoms. The molecule has 0 saturated carbocycles. The van der Waals surface area contributed by atoms with Crippen molar-refractivity contribution in [2.75, 3.05) is 13.2 Å². The lowest BCUT2D eigenvalue weighted by molar-refractivity contribution is 0.0345. The summed E-state index contributed by atoms with van der Waals surface area (Å²) in [4.78, 5) is 0. The Morgan fingerprint density at radius 1 is 1.50 bits per heavy atom. The van der Waals surface area contributed by atoms with Gasteiger partial charge in [-0.05, 0) is 12.5 Å². The van der Waals surface area contributed by atoms with Crippen LogP contribution >= 0.6 is 0 Å². The molecular formula is C13H18O3. The Morgan fingerprint density at radius 2 is 2.25 bits per heavy atom. The van der Waals surface area contributed by atoms with Crippen molar-refractivity contribution in [2.45, 2.75) is 32.0 Å². The summed E-state index contributed by atoms with van der Waals surface area (Å²) in [5, 5.41) is 9.78. The zero-order valence-corrected chi connectivity index (χ0v) is 9.56. The van der Waals surface area contributed by atoms with E-state index in [1.165, 1.54) is 0 Å². The molecule has 1 aromatic carbocycles. The van der Waals surface area contributed by atoms with E-state index in [1.54, 1.807) is 6.07 Å². The summed E-state index contributed by atoms with van der Waals surface area (Å²) >= 11 is 0. The maximum atomic E-state index is 9.78. The van der Waals surface area contributed by atoms with Gasteiger partial charge in [0.1, 0.15) is 11.9 Å². The summed E-state index contributed by atoms with van der Waals surface area (Å²) in [6.07, 6.45) is 2.20. The van der Waals surface area contributed by atoms with Crippen LogP contribution in [0, 0.1) is 0 Å². The summed E-state index contributed by atoms with van der Waals surface area (Å²) in [5.41, 5.74) is 0.880. The molecule has 1 aliphatic heterocycles. The van der Waals surface area contributed by atoms with Gasteiger partial charge in [0.05, 0.1) is 19.3 Å². The van der Waals surface area contributed by atoms with Crippen LogP contribution in [0.3, 0.4) is 0 Å². The number of hydrogen-bond donors (Lipinski definition) is 1. The van der Waals surface area contributed by atoms with E-state index in [0.717, 1.165) is 25.0 Å². The van der Waals surface area contributed by atoms with Crippen molar-refractivity contribution in [3.8, 4) is 5.75 Å². The molecule has 88 valence electrons. The molecule has 2 atom stereocenters. The quantitative estimate of drug-likeness (QED) is 0.752. The Kier molecular flexibility index (Phi) is 3.80. The Balaban J connectivity index is 2.01. The average molecular weight is 222 g/mol. The molecule has 0 amide bonds. The highest BCUT2D eigenvalue weighted by Crippen LogP contribution is 2.30. The van der Waals surface area contributed by atoms with Gasteiger partial charge in [0.25, 0.3) is 0 Å². The Hall–Kier alpha value is -1.06. The van der Waals surface area contributed by atoms with Crippen LogP contribution in [0.5, 0.6) is 5.75 Å². The summed E-state index contributed by atoms with van der Waals surface area (Å²) in [7, 11) is 0. The molecule has 0 spiro atoms. The van der Waals surface area contributed by atoms with E-state index in [-0.39, 0.29) is 12.2 Å². The lowest BCUT2D eigenvalue weighted by atomic mass is 10.0. The summed E-state index contributed by atoms with van der Waals surface area (Å²) in [6.45, 7) is 3.54. The average Bonchev–Trinajstić information content (AvgIpc) is 3.09. The van der Waals surface area contributed by atoms with Crippen LogP contribution in [0.4, 0.5) is 0 Å². The molecule has 0 aliphatic carbocycles. The molecule has 1 aliphatic rings. The first kappa shape index (κ1) is 11.4. The monoisotopic (exact) mass is 222 g/mol. The highest BCUT2D eigenvalue weighted by atomic mass is 16.6. The number of epoxide rings is 1. The molecule has 1 aromatic rings. The zero-order valence-electron chi connectivity index (χ0n) is 9.56. The van der Waals surface area contributed by atoms with E-state index >= 15 is 0 Å². The molecule has 1 heterocycles. The van der Waals surface area contributed by atoms with E-state index in [9.17, 15) is 5.11 Å². The number of aromatic hydroxyl groups is 1. The van der Waals surface area contributed by atoms with Gasteiger partial charge in [0, 0.05) is 5.56 Å². The fraction of sp³-hybridized carbons (Fsp3) is 0.538. The lowest BCUT2D eigenvalue weighted by Crippen LogP contribution is -2.09. The third-order valence-electron chi connectivity index (χ3n) is 2.72. The number of para-hydroxylation sites is 1. The van der Waals surface area contributed by atoms with Gasteiger partial charge in [-0.3, -0.25) is 0 Å². The van der Waals surface area contributed by atoms with E-state index in [0.29, 0.717) is 12.4 Å². The first-order valence-corrected chi connectivity index (χ1v) is 5.82. The number of hydrogen-bond acceptors (Lipinski definition) is 3. The topological polar surface area (TPSA) is 42.0 Å². The molecular weight excluding hydrogens is 204 g/mol. The normalized spacial score (nSPS) is 20.7. The van der Waals surface area contributed by atoms with Crippen molar-refractivity contribution >= 4 is 0 Å². The Labute approximate surface area is 96.0 Å². The van der Waals surface area contributed by atoms with E-state index in [1.807, 2.05) is 18.2 Å². The first-order chi connectivity index (χ1) is 7.81. The second kappa shape index (κ2) is 5.32. The number of ether oxygens (including phenoxy) is 2. The molecule has 1 fully saturated rings. The van der Waals surface area contributed by atoms with Crippen molar-refractivity contribution < 1.29 is 14.6 Å². The molecule has 2 rings (SSSR count). The Morgan fingerprint density at radius 3 is 2.88 bits per heavy atom. The molecule has 16 heavy (non-hydrogen) atoms. The van der Waals surface area contributed by atoms with Crippen LogP contribution in [-0.2, 0) is 9.47 Å². The van der Waals surface area contributed by atoms with Crippen LogP contribution < -0.4 is 0 Å². The highest BCUT2D eigenvalue weighted by molar-refractivity contribution is 5.33. The van der Waals surface area contributed by atoms with E-state index < -0.39 is 0 Å². The van der Waals surface area contributed by atoms with Crippen molar-refractivity contribution in [1.82, 2.24) is 0 Å². The first-order valence-electron chi connectivity index (χ1n) is 5.82. The fourth-order valence-corrected chi connectivity index (χ4v) is 1.74. The Bertz CT molecular complexity index is 334. The summed E-state index contributed by atoms with van der Waals surface area (Å²) in [6, 6.07) is 7.37. The van der Waals surface area contributed by atoms with Crippen LogP contribution in [0.2, 0.25) is 0 Å². The van der Waals surface area contributed by atoms with E-state index in [2.05, 4.69) is 6.92 Å². The van der Waals surface area contributed by atoms with Crippen molar-refractivity contribution in [1.29, 1.82) is 0 Å². The molecule has 0 radical (unpaired) electrons. The molecule has 0 aromatic heterocycles. The van der Waals surface area contributed by atoms with Crippen molar-refractivity contribution in [3.63, 3.8) is 0 Å². The molecule has 3 nitrogen and oxygen atoms in total. The van der Waals surface area contributed by atoms with Gasteiger partial charge in [0.2, 0.25) is 0 Å². The van der Waals surface area contributed by atoms with Crippen LogP contribution in [0.1, 0.15) is 31.4 Å². The van der Waals surface area contributed by atoms with E-state index in [4.69, 9.17) is 9.47 Å². The molecule has 1 N–H and O–H groups in total. The SMILES string of the molecule is CCCC(OCC1CO1)c1ccccc1O. The van der Waals surface area contributed by atoms with Gasteiger partial charge in [-0.25, -0.2) is 0 Å². The van der Waals surface area contributed by atoms with Crippen LogP contribution in [-0.4, -0.2) is 24.4 Å². The number of benzene rings is 1. The predicted octanol–water partition coefficient (Wildman–Crippen LogP) is 2.65. The third-order valence-corrected chi connectivity index (χ3v) is 2.72. The van der Waals surface area contributed by atoms with Gasteiger partial charge < -0.3 is 14.6 Å². The molecule has 3 heteroatoms. The predicted molar refractivity (Wildman–Crippen MR) is 61.4 cm³/mol. The summed E-state index contributed by atoms with van der Waals surface area (Å²) in [5.74, 6) is 0.317. The van der Waals surface area contributed by atoms with Gasteiger partial charge in [-0.2, -0.15) is 0 Å². The van der Waals surface area contributed by atoms with Gasteiger partial charge in [-0.15, -0.1) is 0 Å². The maximum absolute atomic E-state index is 9.78. The van der Waals surface area contributed by atoms with Crippen molar-refractivity contribution in [2.24, 2.45) is 0 Å². The highest BCUT2D eigenvalue weighted by Gasteiger charge is 2.25. The fourth-order valence-electron chi connectivity index (χ4n) is 1.74. The minimum absolute atomic E-state index is 0.0181. The third kappa shape index (κ3) is 2.97. The second-order valence-electron chi connectivity index (χ2n) is 4.12. The van der Waals surface area contributed by atoms with Crippen LogP contribution in [0.25, 0.3) is 0 Å². The minimum Gasteiger partial charge on any atom is -0.508 e. The molecule has 1 saturated heterocycles. The second-order valence-corrected chi connectivity index (χ2v) is 4.12. The smallest absolute Gasteiger partial charge is 0.121 e.